The van der Waals surface area contributed by atoms with Gasteiger partial charge in [0.2, 0.25) is 5.88 Å². The molecule has 0 atom stereocenters. The van der Waals surface area contributed by atoms with Gasteiger partial charge in [-0.25, -0.2) is 9.97 Å². The van der Waals surface area contributed by atoms with Crippen molar-refractivity contribution in [3.8, 4) is 5.88 Å². The molecule has 3 rings (SSSR count). The Morgan fingerprint density at radius 1 is 1.24 bits per heavy atom. The summed E-state index contributed by atoms with van der Waals surface area (Å²) in [6.45, 7) is 5.63. The molecule has 0 aliphatic heterocycles. The SMILES string of the molecule is Cc1ccc(Cl)c(NC(=O)COc2ncnc3sc(C)c(C)c23)c1Cl. The Morgan fingerprint density at radius 3 is 2.76 bits per heavy atom. The number of anilines is 1. The number of fused-ring (bicyclic) bond motifs is 1. The van der Waals surface area contributed by atoms with Crippen molar-refractivity contribution < 1.29 is 9.53 Å². The van der Waals surface area contributed by atoms with E-state index in [4.69, 9.17) is 27.9 Å². The predicted octanol–water partition coefficient (Wildman–Crippen LogP) is 4.94. The van der Waals surface area contributed by atoms with Crippen LogP contribution in [-0.2, 0) is 4.79 Å². The van der Waals surface area contributed by atoms with Crippen LogP contribution in [0.5, 0.6) is 5.88 Å². The van der Waals surface area contributed by atoms with Gasteiger partial charge in [-0.15, -0.1) is 11.3 Å². The van der Waals surface area contributed by atoms with E-state index >= 15 is 0 Å². The summed E-state index contributed by atoms with van der Waals surface area (Å²) in [6, 6.07) is 3.47. The molecular formula is C17H15Cl2N3O2S. The van der Waals surface area contributed by atoms with Crippen molar-refractivity contribution >= 4 is 56.3 Å². The summed E-state index contributed by atoms with van der Waals surface area (Å²) in [5.74, 6) is 0.0224. The molecule has 0 fully saturated rings. The highest BCUT2D eigenvalue weighted by atomic mass is 35.5. The third-order valence-electron chi connectivity index (χ3n) is 3.82. The van der Waals surface area contributed by atoms with E-state index in [1.54, 1.807) is 23.5 Å². The second-order valence-electron chi connectivity index (χ2n) is 5.53. The van der Waals surface area contributed by atoms with E-state index in [1.165, 1.54) is 6.33 Å². The molecule has 0 bridgehead atoms. The summed E-state index contributed by atoms with van der Waals surface area (Å²) < 4.78 is 5.61. The number of carbonyl (C=O) groups excluding carboxylic acids is 1. The van der Waals surface area contributed by atoms with Crippen molar-refractivity contribution in [1.29, 1.82) is 0 Å². The normalized spacial score (nSPS) is 10.9. The quantitative estimate of drug-likeness (QED) is 0.679. The van der Waals surface area contributed by atoms with Gasteiger partial charge in [0.05, 0.1) is 21.1 Å². The summed E-state index contributed by atoms with van der Waals surface area (Å²) in [7, 11) is 0. The molecule has 0 aliphatic carbocycles. The van der Waals surface area contributed by atoms with Gasteiger partial charge in [-0.05, 0) is 38.0 Å². The fraction of sp³-hybridized carbons (Fsp3) is 0.235. The van der Waals surface area contributed by atoms with Crippen molar-refractivity contribution in [1.82, 2.24) is 9.97 Å². The maximum absolute atomic E-state index is 12.2. The number of aryl methyl sites for hydroxylation is 3. The zero-order valence-corrected chi connectivity index (χ0v) is 16.1. The molecule has 2 aromatic heterocycles. The van der Waals surface area contributed by atoms with E-state index in [2.05, 4.69) is 15.3 Å². The third kappa shape index (κ3) is 3.56. The lowest BCUT2D eigenvalue weighted by Gasteiger charge is -2.12. The fourth-order valence-corrected chi connectivity index (χ4v) is 3.79. The molecule has 2 heterocycles. The van der Waals surface area contributed by atoms with Gasteiger partial charge in [0, 0.05) is 4.88 Å². The molecule has 5 nitrogen and oxygen atoms in total. The fourth-order valence-electron chi connectivity index (χ4n) is 2.34. The first-order valence-corrected chi connectivity index (χ1v) is 9.03. The van der Waals surface area contributed by atoms with E-state index in [-0.39, 0.29) is 12.5 Å². The molecule has 0 aliphatic rings. The first kappa shape index (κ1) is 17.9. The van der Waals surface area contributed by atoms with Crippen LogP contribution in [0.4, 0.5) is 5.69 Å². The summed E-state index contributed by atoms with van der Waals surface area (Å²) in [5, 5.41) is 4.31. The summed E-state index contributed by atoms with van der Waals surface area (Å²) in [5.41, 5.74) is 2.26. The van der Waals surface area contributed by atoms with E-state index < -0.39 is 0 Å². The molecule has 0 radical (unpaired) electrons. The average molecular weight is 396 g/mol. The Labute approximate surface area is 159 Å². The second-order valence-corrected chi connectivity index (χ2v) is 7.52. The number of aromatic nitrogens is 2. The lowest BCUT2D eigenvalue weighted by Crippen LogP contribution is -2.21. The topological polar surface area (TPSA) is 64.1 Å². The second kappa shape index (κ2) is 7.15. The molecule has 130 valence electrons. The zero-order chi connectivity index (χ0) is 18.1. The number of hydrogen-bond donors (Lipinski definition) is 1. The van der Waals surface area contributed by atoms with Crippen molar-refractivity contribution in [3.05, 3.63) is 44.5 Å². The Hall–Kier alpha value is -1.89. The van der Waals surface area contributed by atoms with Crippen molar-refractivity contribution in [2.45, 2.75) is 20.8 Å². The lowest BCUT2D eigenvalue weighted by molar-refractivity contribution is -0.118. The standard InChI is InChI=1S/C17H15Cl2N3O2S/c1-8-4-5-11(18)15(14(8)19)22-12(23)6-24-16-13-9(2)10(3)25-17(13)21-7-20-16/h4-5,7H,6H2,1-3H3,(H,22,23). The monoisotopic (exact) mass is 395 g/mol. The third-order valence-corrected chi connectivity index (χ3v) is 5.74. The number of carbonyl (C=O) groups is 1. The maximum atomic E-state index is 12.2. The molecule has 8 heteroatoms. The highest BCUT2D eigenvalue weighted by Gasteiger charge is 2.16. The van der Waals surface area contributed by atoms with Crippen molar-refractivity contribution in [3.63, 3.8) is 0 Å². The molecule has 1 amide bonds. The Kier molecular flexibility index (Phi) is 5.13. The van der Waals surface area contributed by atoms with Crippen molar-refractivity contribution in [2.24, 2.45) is 0 Å². The maximum Gasteiger partial charge on any atom is 0.262 e. The van der Waals surface area contributed by atoms with Gasteiger partial charge in [0.1, 0.15) is 11.2 Å². The van der Waals surface area contributed by atoms with Crippen LogP contribution in [-0.4, -0.2) is 22.5 Å². The number of thiophene rings is 1. The van der Waals surface area contributed by atoms with Gasteiger partial charge >= 0.3 is 0 Å². The largest absolute Gasteiger partial charge is 0.467 e. The number of halogens is 2. The first-order chi connectivity index (χ1) is 11.9. The van der Waals surface area contributed by atoms with Gasteiger partial charge in [-0.1, -0.05) is 29.3 Å². The van der Waals surface area contributed by atoms with E-state index in [1.807, 2.05) is 20.8 Å². The number of ether oxygens (including phenoxy) is 1. The number of amides is 1. The van der Waals surface area contributed by atoms with Crippen LogP contribution in [0, 0.1) is 20.8 Å². The summed E-state index contributed by atoms with van der Waals surface area (Å²) in [6.07, 6.45) is 1.43. The van der Waals surface area contributed by atoms with Crippen LogP contribution in [0.1, 0.15) is 16.0 Å². The van der Waals surface area contributed by atoms with Crippen LogP contribution in [0.15, 0.2) is 18.5 Å². The minimum Gasteiger partial charge on any atom is -0.467 e. The highest BCUT2D eigenvalue weighted by molar-refractivity contribution is 7.18. The molecule has 0 saturated heterocycles. The predicted molar refractivity (Wildman–Crippen MR) is 102 cm³/mol. The minimum atomic E-state index is -0.370. The number of nitrogens with one attached hydrogen (secondary N) is 1. The molecule has 1 N–H and O–H groups in total. The van der Waals surface area contributed by atoms with E-state index in [0.717, 1.165) is 26.2 Å². The lowest BCUT2D eigenvalue weighted by atomic mass is 10.2. The van der Waals surface area contributed by atoms with E-state index in [0.29, 0.717) is 21.6 Å². The molecule has 1 aromatic carbocycles. The Bertz CT molecular complexity index is 972. The summed E-state index contributed by atoms with van der Waals surface area (Å²) >= 11 is 13.9. The molecule has 0 saturated carbocycles. The highest BCUT2D eigenvalue weighted by Crippen LogP contribution is 2.34. The van der Waals surface area contributed by atoms with Crippen LogP contribution < -0.4 is 10.1 Å². The average Bonchev–Trinajstić information content (AvgIpc) is 2.88. The number of benzene rings is 1. The van der Waals surface area contributed by atoms with Crippen LogP contribution in [0.3, 0.4) is 0 Å². The van der Waals surface area contributed by atoms with Gasteiger partial charge in [-0.2, -0.15) is 0 Å². The zero-order valence-electron chi connectivity index (χ0n) is 13.8. The van der Waals surface area contributed by atoms with E-state index in [9.17, 15) is 4.79 Å². The van der Waals surface area contributed by atoms with Gasteiger partial charge < -0.3 is 10.1 Å². The smallest absolute Gasteiger partial charge is 0.262 e. The van der Waals surface area contributed by atoms with Crippen LogP contribution in [0.25, 0.3) is 10.2 Å². The molecule has 0 spiro atoms. The number of hydrogen-bond acceptors (Lipinski definition) is 5. The Morgan fingerprint density at radius 2 is 2.00 bits per heavy atom. The van der Waals surface area contributed by atoms with Gasteiger partial charge in [0.15, 0.2) is 6.61 Å². The minimum absolute atomic E-state index is 0.207. The van der Waals surface area contributed by atoms with Gasteiger partial charge in [-0.3, -0.25) is 4.79 Å². The molecule has 25 heavy (non-hydrogen) atoms. The molecule has 3 aromatic rings. The first-order valence-electron chi connectivity index (χ1n) is 7.46. The van der Waals surface area contributed by atoms with Crippen LogP contribution >= 0.6 is 34.5 Å². The molecular weight excluding hydrogens is 381 g/mol. The number of nitrogens with zero attached hydrogens (tertiary/aromatic N) is 2. The molecule has 0 unspecified atom stereocenters. The van der Waals surface area contributed by atoms with Crippen LogP contribution in [0.2, 0.25) is 10.0 Å². The van der Waals surface area contributed by atoms with Crippen molar-refractivity contribution in [2.75, 3.05) is 11.9 Å². The van der Waals surface area contributed by atoms with Gasteiger partial charge in [0.25, 0.3) is 5.91 Å². The summed E-state index contributed by atoms with van der Waals surface area (Å²) in [4.78, 5) is 22.6. The Balaban J connectivity index is 1.77. The number of rotatable bonds is 4.